The number of aromatic nitrogens is 1. The van der Waals surface area contributed by atoms with Crippen LogP contribution in [0.5, 0.6) is 0 Å². The Hall–Kier alpha value is -1.65. The van der Waals surface area contributed by atoms with Crippen molar-refractivity contribution in [3.05, 3.63) is 36.0 Å². The fourth-order valence-corrected chi connectivity index (χ4v) is 2.52. The summed E-state index contributed by atoms with van der Waals surface area (Å²) in [6.45, 7) is 0.760. The third-order valence-corrected chi connectivity index (χ3v) is 3.80. The number of ether oxygens (including phenoxy) is 1. The monoisotopic (exact) mass is 257 g/mol. The smallest absolute Gasteiger partial charge is 0.0726 e. The number of rotatable bonds is 4. The zero-order chi connectivity index (χ0) is 13.2. The lowest BCUT2D eigenvalue weighted by Gasteiger charge is -2.34. The Bertz CT molecular complexity index is 579. The van der Waals surface area contributed by atoms with Gasteiger partial charge in [-0.15, -0.1) is 0 Å². The van der Waals surface area contributed by atoms with Crippen LogP contribution >= 0.6 is 0 Å². The normalized spacial score (nSPS) is 22.4. The predicted molar refractivity (Wildman–Crippen MR) is 76.8 cm³/mol. The third kappa shape index (κ3) is 2.55. The quantitative estimate of drug-likeness (QED) is 0.880. The van der Waals surface area contributed by atoms with E-state index in [2.05, 4.69) is 10.3 Å². The van der Waals surface area contributed by atoms with E-state index in [0.717, 1.165) is 41.7 Å². The predicted octanol–water partition coefficient (Wildman–Crippen LogP) is 2.08. The number of nitrogens with one attached hydrogen (secondary N) is 1. The van der Waals surface area contributed by atoms with E-state index < -0.39 is 0 Å². The summed E-state index contributed by atoms with van der Waals surface area (Å²) in [4.78, 5) is 4.63. The summed E-state index contributed by atoms with van der Waals surface area (Å²) in [6, 6.07) is 10.5. The Morgan fingerprint density at radius 1 is 1.37 bits per heavy atom. The van der Waals surface area contributed by atoms with Crippen LogP contribution in [-0.2, 0) is 11.3 Å². The lowest BCUT2D eigenvalue weighted by Crippen LogP contribution is -2.44. The summed E-state index contributed by atoms with van der Waals surface area (Å²) < 4.78 is 5.27. The molecule has 19 heavy (non-hydrogen) atoms. The Balaban J connectivity index is 1.68. The van der Waals surface area contributed by atoms with Gasteiger partial charge in [-0.1, -0.05) is 18.2 Å². The summed E-state index contributed by atoms with van der Waals surface area (Å²) in [5.41, 5.74) is 8.82. The zero-order valence-corrected chi connectivity index (χ0v) is 11.1. The molecule has 4 nitrogen and oxygen atoms in total. The van der Waals surface area contributed by atoms with E-state index in [0.29, 0.717) is 12.1 Å². The summed E-state index contributed by atoms with van der Waals surface area (Å²) in [7, 11) is 1.77. The van der Waals surface area contributed by atoms with Crippen molar-refractivity contribution in [3.63, 3.8) is 0 Å². The molecule has 0 amide bonds. The van der Waals surface area contributed by atoms with Crippen LogP contribution in [0.25, 0.3) is 10.9 Å². The van der Waals surface area contributed by atoms with Gasteiger partial charge in [-0.05, 0) is 25.0 Å². The molecule has 3 N–H and O–H groups in total. The van der Waals surface area contributed by atoms with E-state index in [1.165, 1.54) is 0 Å². The van der Waals surface area contributed by atoms with Gasteiger partial charge in [-0.25, -0.2) is 0 Å². The van der Waals surface area contributed by atoms with Gasteiger partial charge in [0.05, 0.1) is 17.3 Å². The first kappa shape index (κ1) is 12.4. The van der Waals surface area contributed by atoms with Crippen molar-refractivity contribution in [1.29, 1.82) is 0 Å². The van der Waals surface area contributed by atoms with Crippen LogP contribution in [0.2, 0.25) is 0 Å². The molecule has 1 aliphatic carbocycles. The molecule has 0 spiro atoms. The van der Waals surface area contributed by atoms with Crippen molar-refractivity contribution in [3.8, 4) is 0 Å². The molecule has 0 radical (unpaired) electrons. The van der Waals surface area contributed by atoms with E-state index in [9.17, 15) is 0 Å². The van der Waals surface area contributed by atoms with Crippen molar-refractivity contribution >= 4 is 16.6 Å². The number of fused-ring (bicyclic) bond motifs is 1. The van der Waals surface area contributed by atoms with Gasteiger partial charge in [0.2, 0.25) is 0 Å². The number of anilines is 1. The van der Waals surface area contributed by atoms with Crippen LogP contribution < -0.4 is 11.1 Å². The first-order valence-corrected chi connectivity index (χ1v) is 6.66. The fraction of sp³-hybridized carbons (Fsp3) is 0.400. The molecule has 1 fully saturated rings. The number of pyridine rings is 1. The molecule has 1 aromatic carbocycles. The maximum absolute atomic E-state index is 6.07. The minimum absolute atomic E-state index is 0.423. The first-order chi connectivity index (χ1) is 9.26. The second kappa shape index (κ2) is 5.15. The number of benzene rings is 1. The molecule has 0 bridgehead atoms. The molecule has 4 heteroatoms. The van der Waals surface area contributed by atoms with E-state index in [4.69, 9.17) is 10.5 Å². The number of nitrogens with two attached hydrogens (primary N) is 1. The van der Waals surface area contributed by atoms with Crippen molar-refractivity contribution in [1.82, 2.24) is 10.3 Å². The summed E-state index contributed by atoms with van der Waals surface area (Å²) in [5.74, 6) is 0. The minimum Gasteiger partial charge on any atom is -0.398 e. The molecule has 0 atom stereocenters. The highest BCUT2D eigenvalue weighted by Crippen LogP contribution is 2.24. The van der Waals surface area contributed by atoms with Crippen LogP contribution in [-0.4, -0.2) is 24.2 Å². The number of para-hydroxylation sites is 1. The highest BCUT2D eigenvalue weighted by atomic mass is 16.5. The van der Waals surface area contributed by atoms with Gasteiger partial charge in [0.15, 0.2) is 0 Å². The van der Waals surface area contributed by atoms with Crippen molar-refractivity contribution in [2.75, 3.05) is 12.8 Å². The molecule has 100 valence electrons. The third-order valence-electron chi connectivity index (χ3n) is 3.80. The highest BCUT2D eigenvalue weighted by molar-refractivity contribution is 5.90. The van der Waals surface area contributed by atoms with E-state index in [-0.39, 0.29) is 0 Å². The number of hydrogen-bond donors (Lipinski definition) is 2. The van der Waals surface area contributed by atoms with Gasteiger partial charge < -0.3 is 15.8 Å². The Morgan fingerprint density at radius 2 is 2.16 bits per heavy atom. The Morgan fingerprint density at radius 3 is 2.95 bits per heavy atom. The van der Waals surface area contributed by atoms with Crippen LogP contribution in [0, 0.1) is 0 Å². The van der Waals surface area contributed by atoms with Crippen molar-refractivity contribution in [2.45, 2.75) is 31.5 Å². The maximum atomic E-state index is 6.07. The Labute approximate surface area is 113 Å². The summed E-state index contributed by atoms with van der Waals surface area (Å²) >= 11 is 0. The molecule has 0 saturated heterocycles. The molecule has 1 saturated carbocycles. The average molecular weight is 257 g/mol. The lowest BCUT2D eigenvalue weighted by atomic mass is 9.89. The van der Waals surface area contributed by atoms with Crippen LogP contribution in [0.3, 0.4) is 0 Å². The van der Waals surface area contributed by atoms with Crippen LogP contribution in [0.4, 0.5) is 5.69 Å². The minimum atomic E-state index is 0.423. The molecule has 1 aromatic heterocycles. The fourth-order valence-electron chi connectivity index (χ4n) is 2.52. The van der Waals surface area contributed by atoms with Gasteiger partial charge in [-0.2, -0.15) is 0 Å². The SMILES string of the molecule is COC1CC(NCc2cc(N)c3ccccc3n2)C1. The van der Waals surface area contributed by atoms with Gasteiger partial charge in [0, 0.05) is 30.8 Å². The van der Waals surface area contributed by atoms with Crippen LogP contribution in [0.1, 0.15) is 18.5 Å². The molecule has 1 heterocycles. The van der Waals surface area contributed by atoms with E-state index in [1.807, 2.05) is 30.3 Å². The molecule has 1 aliphatic rings. The molecular weight excluding hydrogens is 238 g/mol. The summed E-state index contributed by atoms with van der Waals surface area (Å²) in [6.07, 6.45) is 2.59. The average Bonchev–Trinajstić information content (AvgIpc) is 2.37. The lowest BCUT2D eigenvalue weighted by molar-refractivity contribution is 0.0169. The molecule has 0 aliphatic heterocycles. The van der Waals surface area contributed by atoms with Crippen molar-refractivity contribution in [2.24, 2.45) is 0 Å². The van der Waals surface area contributed by atoms with Gasteiger partial charge in [-0.3, -0.25) is 4.98 Å². The van der Waals surface area contributed by atoms with E-state index >= 15 is 0 Å². The number of nitrogens with zero attached hydrogens (tertiary/aromatic N) is 1. The molecular formula is C15H19N3O. The molecule has 3 rings (SSSR count). The van der Waals surface area contributed by atoms with Gasteiger partial charge >= 0.3 is 0 Å². The molecule has 2 aromatic rings. The van der Waals surface area contributed by atoms with E-state index in [1.54, 1.807) is 7.11 Å². The highest BCUT2D eigenvalue weighted by Gasteiger charge is 2.28. The summed E-state index contributed by atoms with van der Waals surface area (Å²) in [5, 5.41) is 4.52. The van der Waals surface area contributed by atoms with Crippen LogP contribution in [0.15, 0.2) is 30.3 Å². The van der Waals surface area contributed by atoms with Gasteiger partial charge in [0.25, 0.3) is 0 Å². The second-order valence-electron chi connectivity index (χ2n) is 5.13. The number of methoxy groups -OCH3 is 1. The first-order valence-electron chi connectivity index (χ1n) is 6.66. The Kier molecular flexibility index (Phi) is 3.36. The van der Waals surface area contributed by atoms with Gasteiger partial charge in [0.1, 0.15) is 0 Å². The topological polar surface area (TPSA) is 60.2 Å². The molecule has 0 unspecified atom stereocenters. The second-order valence-corrected chi connectivity index (χ2v) is 5.13. The maximum Gasteiger partial charge on any atom is 0.0726 e. The number of nitrogen functional groups attached to an aromatic ring is 1. The standard InChI is InChI=1S/C15H19N3O/c1-19-12-6-10(7-12)17-9-11-8-14(16)13-4-2-3-5-15(13)18-11/h2-5,8,10,12,17H,6-7,9H2,1H3,(H2,16,18). The number of hydrogen-bond acceptors (Lipinski definition) is 4. The van der Waals surface area contributed by atoms with Crippen molar-refractivity contribution < 1.29 is 4.74 Å². The largest absolute Gasteiger partial charge is 0.398 e. The zero-order valence-electron chi connectivity index (χ0n) is 11.1.